The lowest BCUT2D eigenvalue weighted by Gasteiger charge is -2.12. The molecule has 0 amide bonds. The van der Waals surface area contributed by atoms with Crippen LogP contribution in [0.3, 0.4) is 0 Å². The Labute approximate surface area is 193 Å². The molecule has 0 atom stereocenters. The molecule has 3 aromatic rings. The number of benzene rings is 3. The van der Waals surface area contributed by atoms with Crippen LogP contribution in [-0.4, -0.2) is 14.2 Å². The normalized spacial score (nSPS) is 11.0. The van der Waals surface area contributed by atoms with Crippen molar-refractivity contribution in [1.29, 1.82) is 5.26 Å². The lowest BCUT2D eigenvalue weighted by molar-refractivity contribution is 0.302. The quantitative estimate of drug-likeness (QED) is 0.248. The lowest BCUT2D eigenvalue weighted by atomic mass is 10.0. The van der Waals surface area contributed by atoms with Crippen molar-refractivity contribution in [3.8, 4) is 23.3 Å². The maximum absolute atomic E-state index is 9.70. The van der Waals surface area contributed by atoms with E-state index in [1.54, 1.807) is 26.4 Å². The Morgan fingerprint density at radius 3 is 2.20 bits per heavy atom. The standard InChI is InChI=1S/C24H19Br2NO3/c1-28-22-9-8-18(13-23(22)29-2)19(14-27)10-17-11-20(25)24(21(26)12-17)30-15-16-6-4-3-5-7-16/h3-13H,15H2,1-2H3/b19-10+. The molecule has 3 aromatic carbocycles. The van der Waals surface area contributed by atoms with Crippen molar-refractivity contribution in [2.45, 2.75) is 6.61 Å². The van der Waals surface area contributed by atoms with Gasteiger partial charge in [0, 0.05) is 0 Å². The maximum atomic E-state index is 9.70. The van der Waals surface area contributed by atoms with Gasteiger partial charge in [0.2, 0.25) is 0 Å². The molecular weight excluding hydrogens is 510 g/mol. The molecule has 0 radical (unpaired) electrons. The Balaban J connectivity index is 1.88. The summed E-state index contributed by atoms with van der Waals surface area (Å²) in [4.78, 5) is 0. The van der Waals surface area contributed by atoms with Crippen LogP contribution in [0.2, 0.25) is 0 Å². The van der Waals surface area contributed by atoms with E-state index in [1.165, 1.54) is 0 Å². The molecule has 152 valence electrons. The topological polar surface area (TPSA) is 51.5 Å². The Bertz CT molecular complexity index is 1080. The first-order chi connectivity index (χ1) is 14.5. The molecule has 0 N–H and O–H groups in total. The summed E-state index contributed by atoms with van der Waals surface area (Å²) in [6, 6.07) is 21.5. The largest absolute Gasteiger partial charge is 0.493 e. The minimum Gasteiger partial charge on any atom is -0.493 e. The van der Waals surface area contributed by atoms with E-state index in [0.29, 0.717) is 29.4 Å². The zero-order valence-electron chi connectivity index (χ0n) is 16.5. The van der Waals surface area contributed by atoms with Crippen molar-refractivity contribution in [3.05, 3.63) is 86.3 Å². The fraction of sp³-hybridized carbons (Fsp3) is 0.125. The van der Waals surface area contributed by atoms with Crippen LogP contribution < -0.4 is 14.2 Å². The van der Waals surface area contributed by atoms with E-state index in [9.17, 15) is 5.26 Å². The molecule has 0 aliphatic rings. The van der Waals surface area contributed by atoms with Crippen LogP contribution in [0, 0.1) is 11.3 Å². The van der Waals surface area contributed by atoms with Gasteiger partial charge in [0.15, 0.2) is 11.5 Å². The molecule has 6 heteroatoms. The van der Waals surface area contributed by atoms with Crippen LogP contribution in [0.5, 0.6) is 17.2 Å². The monoisotopic (exact) mass is 527 g/mol. The predicted octanol–water partition coefficient (Wildman–Crippen LogP) is 6.87. The van der Waals surface area contributed by atoms with Crippen molar-refractivity contribution in [2.75, 3.05) is 14.2 Å². The van der Waals surface area contributed by atoms with Gasteiger partial charge in [-0.05, 0) is 85.0 Å². The fourth-order valence-corrected chi connectivity index (χ4v) is 4.33. The van der Waals surface area contributed by atoms with Crippen LogP contribution in [0.25, 0.3) is 11.6 Å². The molecule has 0 aliphatic heterocycles. The Morgan fingerprint density at radius 2 is 1.60 bits per heavy atom. The van der Waals surface area contributed by atoms with Crippen LogP contribution in [0.4, 0.5) is 0 Å². The minimum absolute atomic E-state index is 0.461. The van der Waals surface area contributed by atoms with Gasteiger partial charge < -0.3 is 14.2 Å². The second kappa shape index (κ2) is 10.3. The number of methoxy groups -OCH3 is 2. The van der Waals surface area contributed by atoms with Crippen molar-refractivity contribution < 1.29 is 14.2 Å². The second-order valence-electron chi connectivity index (χ2n) is 6.33. The second-order valence-corrected chi connectivity index (χ2v) is 8.04. The molecule has 0 spiro atoms. The smallest absolute Gasteiger partial charge is 0.161 e. The summed E-state index contributed by atoms with van der Waals surface area (Å²) in [6.07, 6.45) is 1.82. The SMILES string of the molecule is COc1ccc(/C(C#N)=C/c2cc(Br)c(OCc3ccccc3)c(Br)c2)cc1OC. The first kappa shape index (κ1) is 21.9. The zero-order valence-corrected chi connectivity index (χ0v) is 19.7. The summed E-state index contributed by atoms with van der Waals surface area (Å²) < 4.78 is 18.2. The summed E-state index contributed by atoms with van der Waals surface area (Å²) >= 11 is 7.16. The summed E-state index contributed by atoms with van der Waals surface area (Å²) in [7, 11) is 3.15. The van der Waals surface area contributed by atoms with Gasteiger partial charge in [0.05, 0.1) is 34.8 Å². The van der Waals surface area contributed by atoms with E-state index < -0.39 is 0 Å². The van der Waals surface area contributed by atoms with Gasteiger partial charge in [0.1, 0.15) is 12.4 Å². The van der Waals surface area contributed by atoms with Gasteiger partial charge in [-0.25, -0.2) is 0 Å². The molecule has 0 heterocycles. The maximum Gasteiger partial charge on any atom is 0.161 e. The predicted molar refractivity (Wildman–Crippen MR) is 126 cm³/mol. The van der Waals surface area contributed by atoms with Gasteiger partial charge in [0.25, 0.3) is 0 Å². The molecule has 3 rings (SSSR count). The highest BCUT2D eigenvalue weighted by molar-refractivity contribution is 9.11. The molecular formula is C24H19Br2NO3. The highest BCUT2D eigenvalue weighted by Gasteiger charge is 2.11. The number of allylic oxidation sites excluding steroid dienone is 1. The van der Waals surface area contributed by atoms with Crippen molar-refractivity contribution in [2.24, 2.45) is 0 Å². The number of ether oxygens (including phenoxy) is 3. The Hall–Kier alpha value is -2.75. The third-order valence-corrected chi connectivity index (χ3v) is 5.55. The van der Waals surface area contributed by atoms with Gasteiger partial charge in [-0.3, -0.25) is 0 Å². The van der Waals surface area contributed by atoms with E-state index >= 15 is 0 Å². The Morgan fingerprint density at radius 1 is 0.933 bits per heavy atom. The number of nitrogens with zero attached hydrogens (tertiary/aromatic N) is 1. The molecule has 0 saturated carbocycles. The molecule has 0 unspecified atom stereocenters. The summed E-state index contributed by atoms with van der Waals surface area (Å²) in [5.74, 6) is 1.90. The molecule has 0 saturated heterocycles. The molecule has 30 heavy (non-hydrogen) atoms. The minimum atomic E-state index is 0.461. The molecule has 0 fully saturated rings. The number of rotatable bonds is 7. The van der Waals surface area contributed by atoms with Crippen molar-refractivity contribution >= 4 is 43.5 Å². The zero-order chi connectivity index (χ0) is 21.5. The van der Waals surface area contributed by atoms with Crippen molar-refractivity contribution in [1.82, 2.24) is 0 Å². The molecule has 0 aliphatic carbocycles. The fourth-order valence-electron chi connectivity index (χ4n) is 2.88. The lowest BCUT2D eigenvalue weighted by Crippen LogP contribution is -1.97. The van der Waals surface area contributed by atoms with E-state index in [0.717, 1.165) is 25.6 Å². The van der Waals surface area contributed by atoms with Gasteiger partial charge >= 0.3 is 0 Å². The van der Waals surface area contributed by atoms with Gasteiger partial charge in [-0.1, -0.05) is 30.3 Å². The Kier molecular flexibility index (Phi) is 7.56. The van der Waals surface area contributed by atoms with E-state index in [2.05, 4.69) is 37.9 Å². The van der Waals surface area contributed by atoms with Crippen LogP contribution in [0.15, 0.2) is 69.6 Å². The number of halogens is 2. The van der Waals surface area contributed by atoms with E-state index in [4.69, 9.17) is 14.2 Å². The highest BCUT2D eigenvalue weighted by atomic mass is 79.9. The first-order valence-corrected chi connectivity index (χ1v) is 10.6. The summed E-state index contributed by atoms with van der Waals surface area (Å²) in [5.41, 5.74) is 3.19. The average molecular weight is 529 g/mol. The van der Waals surface area contributed by atoms with Crippen LogP contribution in [-0.2, 0) is 6.61 Å². The van der Waals surface area contributed by atoms with Gasteiger partial charge in [-0.2, -0.15) is 5.26 Å². The highest BCUT2D eigenvalue weighted by Crippen LogP contribution is 2.37. The summed E-state index contributed by atoms with van der Waals surface area (Å²) in [6.45, 7) is 0.461. The van der Waals surface area contributed by atoms with E-state index in [-0.39, 0.29) is 0 Å². The van der Waals surface area contributed by atoms with Crippen LogP contribution >= 0.6 is 31.9 Å². The number of hydrogen-bond donors (Lipinski definition) is 0. The summed E-state index contributed by atoms with van der Waals surface area (Å²) in [5, 5.41) is 9.70. The third kappa shape index (κ3) is 5.24. The average Bonchev–Trinajstić information content (AvgIpc) is 2.77. The molecule has 4 nitrogen and oxygen atoms in total. The van der Waals surface area contributed by atoms with Crippen LogP contribution in [0.1, 0.15) is 16.7 Å². The number of nitriles is 1. The molecule has 0 aromatic heterocycles. The first-order valence-electron chi connectivity index (χ1n) is 9.05. The molecule has 0 bridgehead atoms. The van der Waals surface area contributed by atoms with Gasteiger partial charge in [-0.15, -0.1) is 0 Å². The van der Waals surface area contributed by atoms with Crippen molar-refractivity contribution in [3.63, 3.8) is 0 Å². The number of hydrogen-bond acceptors (Lipinski definition) is 4. The van der Waals surface area contributed by atoms with E-state index in [1.807, 2.05) is 54.6 Å². The third-order valence-electron chi connectivity index (χ3n) is 4.37.